The average molecular weight is 248 g/mol. The van der Waals surface area contributed by atoms with Gasteiger partial charge in [0.2, 0.25) is 0 Å². The van der Waals surface area contributed by atoms with Gasteiger partial charge in [0.25, 0.3) is 0 Å². The predicted octanol–water partition coefficient (Wildman–Crippen LogP) is 3.28. The Balaban J connectivity index is 2.52. The van der Waals surface area contributed by atoms with E-state index in [0.717, 1.165) is 19.5 Å². The van der Waals surface area contributed by atoms with E-state index in [2.05, 4.69) is 57.8 Å². The Morgan fingerprint density at radius 2 is 1.67 bits per heavy atom. The number of hydrogen-bond acceptors (Lipinski definition) is 2. The van der Waals surface area contributed by atoms with Gasteiger partial charge in [0.15, 0.2) is 0 Å². The Morgan fingerprint density at radius 1 is 1.11 bits per heavy atom. The number of nitrogens with two attached hydrogens (primary N) is 1. The number of benzene rings is 1. The molecular formula is C16H28N2. The summed E-state index contributed by atoms with van der Waals surface area (Å²) in [4.78, 5) is 2.37. The van der Waals surface area contributed by atoms with Crippen molar-refractivity contribution < 1.29 is 0 Å². The van der Waals surface area contributed by atoms with Crippen molar-refractivity contribution in [3.05, 3.63) is 34.9 Å². The molecule has 2 heteroatoms. The Morgan fingerprint density at radius 3 is 2.17 bits per heavy atom. The zero-order chi connectivity index (χ0) is 13.7. The third-order valence-electron chi connectivity index (χ3n) is 3.17. The zero-order valence-corrected chi connectivity index (χ0v) is 12.5. The molecule has 1 aromatic rings. The summed E-state index contributed by atoms with van der Waals surface area (Å²) in [6.45, 7) is 11.0. The lowest BCUT2D eigenvalue weighted by atomic mass is 9.99. The monoisotopic (exact) mass is 248 g/mol. The smallest absolute Gasteiger partial charge is 0.0307 e. The summed E-state index contributed by atoms with van der Waals surface area (Å²) in [6.07, 6.45) is 1.02. The van der Waals surface area contributed by atoms with E-state index in [4.69, 9.17) is 5.73 Å². The topological polar surface area (TPSA) is 29.3 Å². The second kappa shape index (κ2) is 6.91. The predicted molar refractivity (Wildman–Crippen MR) is 79.8 cm³/mol. The molecule has 2 N–H and O–H groups in total. The van der Waals surface area contributed by atoms with Crippen molar-refractivity contribution in [2.75, 3.05) is 20.1 Å². The molecule has 0 fully saturated rings. The summed E-state index contributed by atoms with van der Waals surface area (Å²) in [5, 5.41) is 0. The molecule has 0 saturated heterocycles. The van der Waals surface area contributed by atoms with Gasteiger partial charge in [-0.15, -0.1) is 0 Å². The molecular weight excluding hydrogens is 220 g/mol. The van der Waals surface area contributed by atoms with Crippen LogP contribution in [0.4, 0.5) is 0 Å². The molecule has 0 amide bonds. The molecule has 18 heavy (non-hydrogen) atoms. The van der Waals surface area contributed by atoms with Gasteiger partial charge >= 0.3 is 0 Å². The van der Waals surface area contributed by atoms with Crippen LogP contribution in [-0.4, -0.2) is 25.0 Å². The Kier molecular flexibility index (Phi) is 5.83. The molecule has 0 aliphatic carbocycles. The van der Waals surface area contributed by atoms with E-state index in [1.165, 1.54) is 16.7 Å². The summed E-state index contributed by atoms with van der Waals surface area (Å²) < 4.78 is 0. The van der Waals surface area contributed by atoms with Crippen molar-refractivity contribution in [3.63, 3.8) is 0 Å². The summed E-state index contributed by atoms with van der Waals surface area (Å²) in [6, 6.07) is 6.76. The number of hydrogen-bond donors (Lipinski definition) is 1. The van der Waals surface area contributed by atoms with Gasteiger partial charge in [-0.1, -0.05) is 43.2 Å². The second-order valence-electron chi connectivity index (χ2n) is 5.97. The third kappa shape index (κ3) is 5.19. The largest absolute Gasteiger partial charge is 0.324 e. The molecule has 1 atom stereocenters. The fourth-order valence-corrected chi connectivity index (χ4v) is 2.46. The molecule has 0 saturated carbocycles. The lowest BCUT2D eigenvalue weighted by Crippen LogP contribution is -2.27. The molecule has 102 valence electrons. The fourth-order valence-electron chi connectivity index (χ4n) is 2.46. The van der Waals surface area contributed by atoms with Crippen molar-refractivity contribution in [2.45, 2.75) is 40.2 Å². The van der Waals surface area contributed by atoms with Crippen molar-refractivity contribution in [3.8, 4) is 0 Å². The summed E-state index contributed by atoms with van der Waals surface area (Å²) in [7, 11) is 2.17. The van der Waals surface area contributed by atoms with Crippen LogP contribution in [0, 0.1) is 19.8 Å². The summed E-state index contributed by atoms with van der Waals surface area (Å²) >= 11 is 0. The van der Waals surface area contributed by atoms with E-state index in [0.29, 0.717) is 5.92 Å². The van der Waals surface area contributed by atoms with Crippen molar-refractivity contribution in [2.24, 2.45) is 11.7 Å². The highest BCUT2D eigenvalue weighted by atomic mass is 15.1. The molecule has 0 radical (unpaired) electrons. The van der Waals surface area contributed by atoms with Crippen LogP contribution >= 0.6 is 0 Å². The van der Waals surface area contributed by atoms with E-state index < -0.39 is 0 Å². The minimum atomic E-state index is 0.151. The molecule has 1 rings (SSSR count). The SMILES string of the molecule is Cc1cc(C)cc(C(N)CCN(C)CC(C)C)c1. The average Bonchev–Trinajstić information content (AvgIpc) is 2.23. The van der Waals surface area contributed by atoms with Gasteiger partial charge in [-0.3, -0.25) is 0 Å². The number of nitrogens with zero attached hydrogens (tertiary/aromatic N) is 1. The highest BCUT2D eigenvalue weighted by Gasteiger charge is 2.09. The Bertz CT molecular complexity index is 351. The molecule has 0 aliphatic rings. The molecule has 1 unspecified atom stereocenters. The van der Waals surface area contributed by atoms with Gasteiger partial charge in [-0.2, -0.15) is 0 Å². The molecule has 0 spiro atoms. The van der Waals surface area contributed by atoms with Crippen molar-refractivity contribution >= 4 is 0 Å². The standard InChI is InChI=1S/C16H28N2/c1-12(2)11-18(5)7-6-16(17)15-9-13(3)8-14(4)10-15/h8-10,12,16H,6-7,11,17H2,1-5H3. The van der Waals surface area contributed by atoms with Gasteiger partial charge in [0, 0.05) is 12.6 Å². The van der Waals surface area contributed by atoms with E-state index in [1.54, 1.807) is 0 Å². The molecule has 1 aromatic carbocycles. The van der Waals surface area contributed by atoms with Crippen LogP contribution in [0.3, 0.4) is 0 Å². The van der Waals surface area contributed by atoms with Crippen LogP contribution in [-0.2, 0) is 0 Å². The summed E-state index contributed by atoms with van der Waals surface area (Å²) in [5.41, 5.74) is 10.2. The van der Waals surface area contributed by atoms with E-state index >= 15 is 0 Å². The van der Waals surface area contributed by atoms with E-state index in [-0.39, 0.29) is 6.04 Å². The Hall–Kier alpha value is -0.860. The van der Waals surface area contributed by atoms with Gasteiger partial charge in [-0.25, -0.2) is 0 Å². The minimum Gasteiger partial charge on any atom is -0.324 e. The normalized spacial score (nSPS) is 13.3. The Labute approximate surface area is 112 Å². The number of aryl methyl sites for hydroxylation is 2. The van der Waals surface area contributed by atoms with Crippen LogP contribution in [0.1, 0.15) is 43.0 Å². The molecule has 0 heterocycles. The maximum atomic E-state index is 6.29. The van der Waals surface area contributed by atoms with Gasteiger partial charge in [-0.05, 0) is 45.3 Å². The first kappa shape index (κ1) is 15.2. The van der Waals surface area contributed by atoms with Gasteiger partial charge < -0.3 is 10.6 Å². The third-order valence-corrected chi connectivity index (χ3v) is 3.17. The van der Waals surface area contributed by atoms with Crippen molar-refractivity contribution in [1.82, 2.24) is 4.90 Å². The highest BCUT2D eigenvalue weighted by Crippen LogP contribution is 2.18. The first-order valence-electron chi connectivity index (χ1n) is 6.90. The quantitative estimate of drug-likeness (QED) is 0.837. The van der Waals surface area contributed by atoms with Crippen LogP contribution in [0.5, 0.6) is 0 Å². The fraction of sp³-hybridized carbons (Fsp3) is 0.625. The minimum absolute atomic E-state index is 0.151. The lowest BCUT2D eigenvalue weighted by Gasteiger charge is -2.21. The van der Waals surface area contributed by atoms with Crippen LogP contribution < -0.4 is 5.73 Å². The second-order valence-corrected chi connectivity index (χ2v) is 5.97. The van der Waals surface area contributed by atoms with Gasteiger partial charge in [0.1, 0.15) is 0 Å². The molecule has 0 aromatic heterocycles. The molecule has 0 bridgehead atoms. The summed E-state index contributed by atoms with van der Waals surface area (Å²) in [5.74, 6) is 0.715. The highest BCUT2D eigenvalue weighted by molar-refractivity contribution is 5.30. The maximum Gasteiger partial charge on any atom is 0.0307 e. The zero-order valence-electron chi connectivity index (χ0n) is 12.5. The maximum absolute atomic E-state index is 6.29. The van der Waals surface area contributed by atoms with E-state index in [1.807, 2.05) is 0 Å². The first-order chi connectivity index (χ1) is 8.38. The van der Waals surface area contributed by atoms with Crippen LogP contribution in [0.25, 0.3) is 0 Å². The molecule has 2 nitrogen and oxygen atoms in total. The van der Waals surface area contributed by atoms with Crippen LogP contribution in [0.2, 0.25) is 0 Å². The first-order valence-corrected chi connectivity index (χ1v) is 6.90. The van der Waals surface area contributed by atoms with Crippen LogP contribution in [0.15, 0.2) is 18.2 Å². The van der Waals surface area contributed by atoms with Crippen molar-refractivity contribution in [1.29, 1.82) is 0 Å². The number of rotatable bonds is 6. The van der Waals surface area contributed by atoms with E-state index in [9.17, 15) is 0 Å². The molecule has 0 aliphatic heterocycles. The van der Waals surface area contributed by atoms with Gasteiger partial charge in [0.05, 0.1) is 0 Å². The lowest BCUT2D eigenvalue weighted by molar-refractivity contribution is 0.284.